The van der Waals surface area contributed by atoms with Crippen LogP contribution in [0.1, 0.15) is 11.3 Å². The number of aromatic amines is 1. The molecule has 0 aliphatic heterocycles. The maximum atomic E-state index is 12.6. The summed E-state index contributed by atoms with van der Waals surface area (Å²) in [4.78, 5) is 2.40. The Morgan fingerprint density at radius 3 is 2.28 bits per heavy atom. The monoisotopic (exact) mass is 319 g/mol. The number of H-pyrrole nitrogens is 1. The maximum absolute atomic E-state index is 12.6. The Balaban J connectivity index is 2.41. The number of imidazole rings is 1. The van der Waals surface area contributed by atoms with E-state index in [0.717, 1.165) is 22.7 Å². The summed E-state index contributed by atoms with van der Waals surface area (Å²) in [5, 5.41) is 0.720. The van der Waals surface area contributed by atoms with Crippen molar-refractivity contribution in [2.45, 2.75) is 11.5 Å². The van der Waals surface area contributed by atoms with E-state index < -0.39 is 11.9 Å². The zero-order chi connectivity index (χ0) is 13.3. The Morgan fingerprint density at radius 2 is 1.83 bits per heavy atom. The zero-order valence-electron chi connectivity index (χ0n) is 9.55. The second kappa shape index (κ2) is 4.76. The standard InChI is InChI=1S/C12H10BrF3N2/c1-18-7-10(12(14,15)16)17-11(18)9-4-2-8(6-13)3-5-9/h2-5,7H,6H2,1H3/p+1. The average molecular weight is 320 g/mol. The van der Waals surface area contributed by atoms with Gasteiger partial charge in [-0.2, -0.15) is 13.2 Å². The van der Waals surface area contributed by atoms with Crippen molar-refractivity contribution in [1.82, 2.24) is 4.98 Å². The number of nitrogens with zero attached hydrogens (tertiary/aromatic N) is 1. The molecule has 0 bridgehead atoms. The van der Waals surface area contributed by atoms with Crippen LogP contribution in [0.15, 0.2) is 30.5 Å². The van der Waals surface area contributed by atoms with Gasteiger partial charge in [0.2, 0.25) is 5.69 Å². The van der Waals surface area contributed by atoms with Crippen LogP contribution < -0.4 is 4.57 Å². The van der Waals surface area contributed by atoms with Crippen LogP contribution in [-0.2, 0) is 18.6 Å². The molecule has 0 saturated carbocycles. The summed E-state index contributed by atoms with van der Waals surface area (Å²) < 4.78 is 39.1. The van der Waals surface area contributed by atoms with Crippen molar-refractivity contribution >= 4 is 15.9 Å². The van der Waals surface area contributed by atoms with Gasteiger partial charge in [-0.25, -0.2) is 9.55 Å². The number of rotatable bonds is 2. The van der Waals surface area contributed by atoms with Crippen LogP contribution in [-0.4, -0.2) is 4.98 Å². The lowest BCUT2D eigenvalue weighted by Crippen LogP contribution is -2.27. The van der Waals surface area contributed by atoms with Gasteiger partial charge < -0.3 is 0 Å². The highest BCUT2D eigenvalue weighted by Gasteiger charge is 2.38. The SMILES string of the molecule is C[n+]1cc(C(F)(F)F)[nH]c1-c1ccc(CBr)cc1. The molecule has 1 aromatic heterocycles. The summed E-state index contributed by atoms with van der Waals surface area (Å²) in [7, 11) is 1.58. The van der Waals surface area contributed by atoms with Crippen LogP contribution in [0.3, 0.4) is 0 Å². The van der Waals surface area contributed by atoms with E-state index >= 15 is 0 Å². The number of alkyl halides is 4. The lowest BCUT2D eigenvalue weighted by atomic mass is 10.1. The molecule has 2 aromatic rings. The Morgan fingerprint density at radius 1 is 1.22 bits per heavy atom. The molecule has 96 valence electrons. The third-order valence-corrected chi connectivity index (χ3v) is 3.26. The van der Waals surface area contributed by atoms with Gasteiger partial charge in [0, 0.05) is 5.33 Å². The van der Waals surface area contributed by atoms with Crippen molar-refractivity contribution < 1.29 is 17.7 Å². The third-order valence-electron chi connectivity index (χ3n) is 2.62. The number of hydrogen-bond acceptors (Lipinski definition) is 0. The fourth-order valence-electron chi connectivity index (χ4n) is 1.68. The molecule has 0 saturated heterocycles. The molecule has 0 aliphatic carbocycles. The van der Waals surface area contributed by atoms with Crippen LogP contribution in [0.25, 0.3) is 11.4 Å². The summed E-state index contributed by atoms with van der Waals surface area (Å²) in [6, 6.07) is 7.33. The molecule has 1 N–H and O–H groups in total. The summed E-state index contributed by atoms with van der Waals surface area (Å²) in [6.07, 6.45) is -3.31. The number of aryl methyl sites for hydroxylation is 1. The molecule has 0 amide bonds. The lowest BCUT2D eigenvalue weighted by molar-refractivity contribution is -0.659. The van der Waals surface area contributed by atoms with Gasteiger partial charge in [0.15, 0.2) is 0 Å². The summed E-state index contributed by atoms with van der Waals surface area (Å²) in [5.74, 6) is 0.434. The fraction of sp³-hybridized carbons (Fsp3) is 0.250. The molecule has 0 fully saturated rings. The number of aromatic nitrogens is 2. The predicted octanol–water partition coefficient (Wildman–Crippen LogP) is 3.42. The highest BCUT2D eigenvalue weighted by atomic mass is 79.9. The first-order valence-corrected chi connectivity index (χ1v) is 6.35. The first-order valence-electron chi connectivity index (χ1n) is 5.23. The van der Waals surface area contributed by atoms with Gasteiger partial charge in [-0.1, -0.05) is 28.1 Å². The highest BCUT2D eigenvalue weighted by Crippen LogP contribution is 2.28. The minimum Gasteiger partial charge on any atom is -0.233 e. The molecule has 0 aliphatic rings. The Bertz CT molecular complexity index is 543. The Labute approximate surface area is 111 Å². The molecular weight excluding hydrogens is 309 g/mol. The fourth-order valence-corrected chi connectivity index (χ4v) is 2.05. The van der Waals surface area contributed by atoms with Crippen LogP contribution in [0, 0.1) is 0 Å². The molecular formula is C12H11BrF3N2+. The van der Waals surface area contributed by atoms with Crippen LogP contribution in [0.4, 0.5) is 13.2 Å². The van der Waals surface area contributed by atoms with Gasteiger partial charge in [-0.3, -0.25) is 0 Å². The second-order valence-corrected chi connectivity index (χ2v) is 4.52. The Kier molecular flexibility index (Phi) is 3.47. The number of halogens is 4. The molecule has 2 rings (SSSR count). The maximum Gasteiger partial charge on any atom is 0.457 e. The largest absolute Gasteiger partial charge is 0.457 e. The minimum absolute atomic E-state index is 0.434. The zero-order valence-corrected chi connectivity index (χ0v) is 11.1. The minimum atomic E-state index is -4.36. The van der Waals surface area contributed by atoms with Crippen molar-refractivity contribution in [2.24, 2.45) is 7.05 Å². The third kappa shape index (κ3) is 2.58. The number of hydrogen-bond donors (Lipinski definition) is 1. The molecule has 6 heteroatoms. The normalized spacial score (nSPS) is 11.8. The molecule has 2 nitrogen and oxygen atoms in total. The summed E-state index contributed by atoms with van der Waals surface area (Å²) >= 11 is 3.32. The quantitative estimate of drug-likeness (QED) is 0.646. The lowest BCUT2D eigenvalue weighted by Gasteiger charge is -1.98. The average Bonchev–Trinajstić information content (AvgIpc) is 2.71. The van der Waals surface area contributed by atoms with Gasteiger partial charge in [0.25, 0.3) is 5.82 Å². The molecule has 0 radical (unpaired) electrons. The Hall–Kier alpha value is -1.30. The topological polar surface area (TPSA) is 19.7 Å². The molecule has 18 heavy (non-hydrogen) atoms. The van der Waals surface area contributed by atoms with E-state index in [1.165, 1.54) is 4.57 Å². The van der Waals surface area contributed by atoms with E-state index in [9.17, 15) is 13.2 Å². The number of benzene rings is 1. The molecule has 1 aromatic carbocycles. The highest BCUT2D eigenvalue weighted by molar-refractivity contribution is 9.08. The van der Waals surface area contributed by atoms with E-state index in [4.69, 9.17) is 0 Å². The van der Waals surface area contributed by atoms with E-state index in [0.29, 0.717) is 5.82 Å². The van der Waals surface area contributed by atoms with Gasteiger partial charge in [0.1, 0.15) is 6.20 Å². The summed E-state index contributed by atoms with van der Waals surface area (Å²) in [5.41, 5.74) is 1.05. The smallest absolute Gasteiger partial charge is 0.233 e. The number of nitrogens with one attached hydrogen (secondary N) is 1. The van der Waals surface area contributed by atoms with Gasteiger partial charge in [-0.05, 0) is 17.7 Å². The van der Waals surface area contributed by atoms with Crippen molar-refractivity contribution in [1.29, 1.82) is 0 Å². The van der Waals surface area contributed by atoms with Crippen molar-refractivity contribution in [2.75, 3.05) is 0 Å². The van der Waals surface area contributed by atoms with Crippen molar-refractivity contribution in [3.05, 3.63) is 41.7 Å². The van der Waals surface area contributed by atoms with E-state index in [-0.39, 0.29) is 0 Å². The molecule has 0 unspecified atom stereocenters. The van der Waals surface area contributed by atoms with Crippen LogP contribution in [0.2, 0.25) is 0 Å². The second-order valence-electron chi connectivity index (χ2n) is 3.96. The van der Waals surface area contributed by atoms with Crippen molar-refractivity contribution in [3.63, 3.8) is 0 Å². The van der Waals surface area contributed by atoms with Crippen LogP contribution in [0.5, 0.6) is 0 Å². The molecule has 0 spiro atoms. The van der Waals surface area contributed by atoms with Gasteiger partial charge in [0.05, 0.1) is 12.6 Å². The first-order chi connectivity index (χ1) is 8.41. The van der Waals surface area contributed by atoms with E-state index in [2.05, 4.69) is 20.9 Å². The molecule has 1 heterocycles. The van der Waals surface area contributed by atoms with Gasteiger partial charge in [-0.15, -0.1) is 0 Å². The summed E-state index contributed by atoms with van der Waals surface area (Å²) in [6.45, 7) is 0. The first kappa shape index (κ1) is 13.1. The van der Waals surface area contributed by atoms with Crippen LogP contribution >= 0.6 is 15.9 Å². The van der Waals surface area contributed by atoms with E-state index in [1.807, 2.05) is 12.1 Å². The molecule has 0 atom stereocenters. The van der Waals surface area contributed by atoms with E-state index in [1.54, 1.807) is 19.2 Å². The van der Waals surface area contributed by atoms with Crippen molar-refractivity contribution in [3.8, 4) is 11.4 Å². The van der Waals surface area contributed by atoms with Gasteiger partial charge >= 0.3 is 6.18 Å². The predicted molar refractivity (Wildman–Crippen MR) is 65.0 cm³/mol.